The lowest BCUT2D eigenvalue weighted by atomic mass is 10.1. The fourth-order valence-electron chi connectivity index (χ4n) is 3.35. The van der Waals surface area contributed by atoms with Crippen molar-refractivity contribution in [3.63, 3.8) is 0 Å². The molecule has 0 N–H and O–H groups in total. The van der Waals surface area contributed by atoms with Gasteiger partial charge in [0.2, 0.25) is 0 Å². The van der Waals surface area contributed by atoms with Crippen molar-refractivity contribution in [3.05, 3.63) is 88.9 Å². The first-order valence-electron chi connectivity index (χ1n) is 10.1. The average Bonchev–Trinajstić information content (AvgIpc) is 3.63. The van der Waals surface area contributed by atoms with Crippen LogP contribution in [0.3, 0.4) is 0 Å². The van der Waals surface area contributed by atoms with Crippen molar-refractivity contribution >= 4 is 27.6 Å². The predicted octanol–water partition coefficient (Wildman–Crippen LogP) is 4.92. The maximum Gasteiger partial charge on any atom is 0.339 e. The summed E-state index contributed by atoms with van der Waals surface area (Å²) >= 11 is 6.22. The third kappa shape index (κ3) is 5.06. The highest BCUT2D eigenvalue weighted by molar-refractivity contribution is 7.87. The first-order valence-corrected chi connectivity index (χ1v) is 11.9. The number of nitrogens with zero attached hydrogens (tertiary/aromatic N) is 1. The van der Waals surface area contributed by atoms with Gasteiger partial charge >= 0.3 is 10.1 Å². The van der Waals surface area contributed by atoms with Gasteiger partial charge in [0.25, 0.3) is 5.91 Å². The van der Waals surface area contributed by atoms with Gasteiger partial charge in [0.15, 0.2) is 0 Å². The van der Waals surface area contributed by atoms with Gasteiger partial charge in [-0.1, -0.05) is 35.9 Å². The molecule has 3 aromatic rings. The predicted molar refractivity (Wildman–Crippen MR) is 122 cm³/mol. The third-order valence-corrected chi connectivity index (χ3v) is 6.75. The Morgan fingerprint density at radius 3 is 2.38 bits per heavy atom. The van der Waals surface area contributed by atoms with Gasteiger partial charge < -0.3 is 13.8 Å². The summed E-state index contributed by atoms with van der Waals surface area (Å²) in [6.45, 7) is 0.328. The minimum Gasteiger partial charge on any atom is -0.497 e. The molecule has 1 fully saturated rings. The minimum atomic E-state index is -4.01. The summed E-state index contributed by atoms with van der Waals surface area (Å²) in [7, 11) is -2.50. The molecule has 0 saturated heterocycles. The second kappa shape index (κ2) is 9.22. The fraction of sp³-hybridized carbons (Fsp3) is 0.208. The number of methoxy groups -OCH3 is 1. The largest absolute Gasteiger partial charge is 0.497 e. The van der Waals surface area contributed by atoms with E-state index in [9.17, 15) is 13.2 Å². The molecule has 0 spiro atoms. The summed E-state index contributed by atoms with van der Waals surface area (Å²) in [5.74, 6) is 0.587. The van der Waals surface area contributed by atoms with Crippen LogP contribution in [0.5, 0.6) is 11.5 Å². The number of carbonyl (C=O) groups excluding carboxylic acids is 1. The van der Waals surface area contributed by atoms with E-state index >= 15 is 0 Å². The summed E-state index contributed by atoms with van der Waals surface area (Å²) in [6, 6.07) is 19.8. The lowest BCUT2D eigenvalue weighted by Crippen LogP contribution is -2.32. The minimum absolute atomic E-state index is 0.0252. The number of halogens is 1. The molecule has 0 unspecified atom stereocenters. The third-order valence-electron chi connectivity index (χ3n) is 5.16. The molecule has 0 heterocycles. The van der Waals surface area contributed by atoms with Crippen LogP contribution in [0.15, 0.2) is 77.7 Å². The molecule has 3 aromatic carbocycles. The maximum absolute atomic E-state index is 13.1. The monoisotopic (exact) mass is 471 g/mol. The van der Waals surface area contributed by atoms with Crippen molar-refractivity contribution in [2.24, 2.45) is 0 Å². The van der Waals surface area contributed by atoms with Gasteiger partial charge in [0.1, 0.15) is 16.4 Å². The summed E-state index contributed by atoms with van der Waals surface area (Å²) in [5, 5.41) is 0.408. The number of rotatable bonds is 8. The van der Waals surface area contributed by atoms with Crippen LogP contribution < -0.4 is 8.92 Å². The van der Waals surface area contributed by atoms with E-state index in [0.29, 0.717) is 22.9 Å². The molecule has 0 radical (unpaired) electrons. The number of hydrogen-bond acceptors (Lipinski definition) is 5. The van der Waals surface area contributed by atoms with Crippen molar-refractivity contribution in [3.8, 4) is 11.5 Å². The lowest BCUT2D eigenvalue weighted by Gasteiger charge is -2.23. The maximum atomic E-state index is 13.1. The molecule has 0 bridgehead atoms. The second-order valence-corrected chi connectivity index (χ2v) is 9.46. The van der Waals surface area contributed by atoms with Crippen LogP contribution in [0, 0.1) is 0 Å². The van der Waals surface area contributed by atoms with Crippen LogP contribution in [0.4, 0.5) is 0 Å². The average molecular weight is 472 g/mol. The smallest absolute Gasteiger partial charge is 0.339 e. The standard InChI is InChI=1S/C24H22ClNO5S/c1-30-19-11-13-21(14-12-19)32(28,29)31-20-6-4-5-17(15-20)16-26(18-9-10-18)24(27)22-7-2-3-8-23(22)25/h2-8,11-15,18H,9-10,16H2,1H3. The Hall–Kier alpha value is -3.03. The van der Waals surface area contributed by atoms with E-state index in [-0.39, 0.29) is 22.6 Å². The summed E-state index contributed by atoms with van der Waals surface area (Å²) < 4.78 is 35.7. The van der Waals surface area contributed by atoms with Gasteiger partial charge in [0, 0.05) is 12.6 Å². The molecule has 4 rings (SSSR count). The molecule has 1 aliphatic carbocycles. The van der Waals surface area contributed by atoms with Gasteiger partial charge in [-0.2, -0.15) is 8.42 Å². The van der Waals surface area contributed by atoms with E-state index in [0.717, 1.165) is 18.4 Å². The molecule has 0 aromatic heterocycles. The van der Waals surface area contributed by atoms with Crippen molar-refractivity contribution in [1.82, 2.24) is 4.90 Å². The molecule has 8 heteroatoms. The number of hydrogen-bond donors (Lipinski definition) is 0. The first-order chi connectivity index (χ1) is 15.4. The Bertz CT molecular complexity index is 1220. The van der Waals surface area contributed by atoms with Crippen molar-refractivity contribution in [2.45, 2.75) is 30.3 Å². The van der Waals surface area contributed by atoms with Gasteiger partial charge in [0.05, 0.1) is 17.7 Å². The summed E-state index contributed by atoms with van der Waals surface area (Å²) in [5.41, 5.74) is 1.22. The molecule has 166 valence electrons. The quantitative estimate of drug-likeness (QED) is 0.436. The highest BCUT2D eigenvalue weighted by Crippen LogP contribution is 2.32. The number of ether oxygens (including phenoxy) is 1. The zero-order valence-electron chi connectivity index (χ0n) is 17.4. The van der Waals surface area contributed by atoms with Gasteiger partial charge in [-0.25, -0.2) is 0 Å². The van der Waals surface area contributed by atoms with Crippen LogP contribution in [-0.4, -0.2) is 32.4 Å². The zero-order valence-corrected chi connectivity index (χ0v) is 19.0. The first kappa shape index (κ1) is 22.2. The summed E-state index contributed by atoms with van der Waals surface area (Å²) in [4.78, 5) is 14.9. The topological polar surface area (TPSA) is 72.9 Å². The van der Waals surface area contributed by atoms with Crippen LogP contribution >= 0.6 is 11.6 Å². The zero-order chi connectivity index (χ0) is 22.7. The fourth-order valence-corrected chi connectivity index (χ4v) is 4.49. The number of benzene rings is 3. The van der Waals surface area contributed by atoms with E-state index in [2.05, 4.69) is 0 Å². The molecule has 0 atom stereocenters. The second-order valence-electron chi connectivity index (χ2n) is 7.50. The Balaban J connectivity index is 1.53. The van der Waals surface area contributed by atoms with Crippen LogP contribution in [0.1, 0.15) is 28.8 Å². The Morgan fingerprint density at radius 1 is 1.00 bits per heavy atom. The van der Waals surface area contributed by atoms with E-state index < -0.39 is 10.1 Å². The molecule has 6 nitrogen and oxygen atoms in total. The molecule has 1 aliphatic rings. The Kier molecular flexibility index (Phi) is 6.39. The molecule has 0 aliphatic heterocycles. The summed E-state index contributed by atoms with van der Waals surface area (Å²) in [6.07, 6.45) is 1.86. The molecular weight excluding hydrogens is 450 g/mol. The Morgan fingerprint density at radius 2 is 1.72 bits per heavy atom. The highest BCUT2D eigenvalue weighted by Gasteiger charge is 2.33. The van der Waals surface area contributed by atoms with Crippen LogP contribution in [0.25, 0.3) is 0 Å². The van der Waals surface area contributed by atoms with Crippen molar-refractivity contribution in [2.75, 3.05) is 7.11 Å². The van der Waals surface area contributed by atoms with Gasteiger partial charge in [-0.05, 0) is 66.9 Å². The normalized spacial score (nSPS) is 13.4. The van der Waals surface area contributed by atoms with E-state index in [1.807, 2.05) is 6.07 Å². The Labute approximate surface area is 192 Å². The number of amides is 1. The van der Waals surface area contributed by atoms with Crippen molar-refractivity contribution in [1.29, 1.82) is 0 Å². The van der Waals surface area contributed by atoms with E-state index in [1.54, 1.807) is 59.5 Å². The lowest BCUT2D eigenvalue weighted by molar-refractivity contribution is 0.0730. The van der Waals surface area contributed by atoms with E-state index in [4.69, 9.17) is 20.5 Å². The highest BCUT2D eigenvalue weighted by atomic mass is 35.5. The van der Waals surface area contributed by atoms with E-state index in [1.165, 1.54) is 19.2 Å². The van der Waals surface area contributed by atoms with Gasteiger partial charge in [-0.15, -0.1) is 0 Å². The molecule has 1 amide bonds. The van der Waals surface area contributed by atoms with Crippen LogP contribution in [-0.2, 0) is 16.7 Å². The molecule has 32 heavy (non-hydrogen) atoms. The SMILES string of the molecule is COc1ccc(S(=O)(=O)Oc2cccc(CN(C(=O)c3ccccc3Cl)C3CC3)c2)cc1. The van der Waals surface area contributed by atoms with Gasteiger partial charge in [-0.3, -0.25) is 4.79 Å². The van der Waals surface area contributed by atoms with Crippen molar-refractivity contribution < 1.29 is 22.1 Å². The van der Waals surface area contributed by atoms with Crippen LogP contribution in [0.2, 0.25) is 5.02 Å². The number of carbonyl (C=O) groups is 1. The molecule has 1 saturated carbocycles. The molecular formula is C24H22ClNO5S.